The molecule has 0 saturated heterocycles. The largest absolute Gasteiger partial charge is 0.337 e. The Morgan fingerprint density at radius 3 is 2.56 bits per heavy atom. The van der Waals surface area contributed by atoms with E-state index in [0.29, 0.717) is 6.04 Å². The first kappa shape index (κ1) is 12.8. The molecular weight excluding hydrogens is 222 g/mol. The van der Waals surface area contributed by atoms with Crippen molar-refractivity contribution < 1.29 is 0 Å². The Bertz CT molecular complexity index is 485. The van der Waals surface area contributed by atoms with E-state index < -0.39 is 0 Å². The van der Waals surface area contributed by atoms with Crippen LogP contribution in [0, 0.1) is 0 Å². The van der Waals surface area contributed by atoms with Crippen LogP contribution >= 0.6 is 0 Å². The number of aromatic nitrogens is 2. The Morgan fingerprint density at radius 1 is 1.28 bits per heavy atom. The summed E-state index contributed by atoms with van der Waals surface area (Å²) in [7, 11) is 2.02. The third-order valence-electron chi connectivity index (χ3n) is 3.38. The number of benzene rings is 1. The molecule has 96 valence electrons. The van der Waals surface area contributed by atoms with E-state index in [1.165, 1.54) is 11.1 Å². The van der Waals surface area contributed by atoms with Gasteiger partial charge in [-0.05, 0) is 24.5 Å². The van der Waals surface area contributed by atoms with Crippen LogP contribution < -0.4 is 5.32 Å². The van der Waals surface area contributed by atoms with E-state index in [-0.39, 0.29) is 0 Å². The van der Waals surface area contributed by atoms with Crippen LogP contribution in [0.3, 0.4) is 0 Å². The fourth-order valence-electron chi connectivity index (χ4n) is 1.97. The molecular formula is C15H21N3. The topological polar surface area (TPSA) is 29.9 Å². The van der Waals surface area contributed by atoms with Crippen LogP contribution in [0.5, 0.6) is 0 Å². The predicted octanol–water partition coefficient (Wildman–Crippen LogP) is 2.83. The molecule has 1 heterocycles. The maximum Gasteiger partial charge on any atom is 0.122 e. The maximum atomic E-state index is 4.31. The van der Waals surface area contributed by atoms with Gasteiger partial charge in [0.05, 0.1) is 6.54 Å². The van der Waals surface area contributed by atoms with Crippen molar-refractivity contribution in [2.75, 3.05) is 0 Å². The summed E-state index contributed by atoms with van der Waals surface area (Å²) < 4.78 is 2.04. The minimum atomic E-state index is 0.340. The summed E-state index contributed by atoms with van der Waals surface area (Å²) in [5.74, 6) is 1.06. The quantitative estimate of drug-likeness (QED) is 0.875. The Balaban J connectivity index is 1.94. The van der Waals surface area contributed by atoms with Gasteiger partial charge in [-0.2, -0.15) is 0 Å². The van der Waals surface area contributed by atoms with Crippen LogP contribution in [0.4, 0.5) is 0 Å². The second-order valence-electron chi connectivity index (χ2n) is 4.65. The van der Waals surface area contributed by atoms with Crippen molar-refractivity contribution >= 4 is 0 Å². The number of hydrogen-bond donors (Lipinski definition) is 1. The molecule has 0 aliphatic heterocycles. The highest BCUT2D eigenvalue weighted by atomic mass is 15.1. The Morgan fingerprint density at radius 2 is 2.00 bits per heavy atom. The van der Waals surface area contributed by atoms with Gasteiger partial charge >= 0.3 is 0 Å². The highest BCUT2D eigenvalue weighted by Gasteiger charge is 2.06. The highest BCUT2D eigenvalue weighted by molar-refractivity contribution is 5.24. The van der Waals surface area contributed by atoms with Crippen molar-refractivity contribution in [1.29, 1.82) is 0 Å². The SMILES string of the molecule is CCc1ccc(C(C)NCc2nccn2C)cc1. The fraction of sp³-hybridized carbons (Fsp3) is 0.400. The van der Waals surface area contributed by atoms with Gasteiger partial charge < -0.3 is 9.88 Å². The average Bonchev–Trinajstić information content (AvgIpc) is 2.81. The molecule has 1 aromatic carbocycles. The molecule has 1 atom stereocenters. The number of nitrogens with one attached hydrogen (secondary N) is 1. The van der Waals surface area contributed by atoms with Gasteiger partial charge in [-0.3, -0.25) is 0 Å². The van der Waals surface area contributed by atoms with Crippen molar-refractivity contribution in [1.82, 2.24) is 14.9 Å². The van der Waals surface area contributed by atoms with E-state index in [1.807, 2.05) is 24.0 Å². The van der Waals surface area contributed by atoms with Gasteiger partial charge in [0, 0.05) is 25.5 Å². The van der Waals surface area contributed by atoms with E-state index >= 15 is 0 Å². The molecule has 0 radical (unpaired) electrons. The molecule has 3 nitrogen and oxygen atoms in total. The van der Waals surface area contributed by atoms with Gasteiger partial charge in [0.2, 0.25) is 0 Å². The van der Waals surface area contributed by atoms with E-state index in [1.54, 1.807) is 0 Å². The zero-order chi connectivity index (χ0) is 13.0. The van der Waals surface area contributed by atoms with Crippen molar-refractivity contribution in [2.45, 2.75) is 32.9 Å². The first-order chi connectivity index (χ1) is 8.70. The summed E-state index contributed by atoms with van der Waals surface area (Å²) in [6.07, 6.45) is 4.89. The minimum absolute atomic E-state index is 0.340. The lowest BCUT2D eigenvalue weighted by Crippen LogP contribution is -2.20. The molecule has 0 spiro atoms. The standard InChI is InChI=1S/C15H21N3/c1-4-13-5-7-14(8-6-13)12(2)17-11-15-16-9-10-18(15)3/h5-10,12,17H,4,11H2,1-3H3. The summed E-state index contributed by atoms with van der Waals surface area (Å²) in [6.45, 7) is 5.15. The molecule has 0 bridgehead atoms. The number of nitrogens with zero attached hydrogens (tertiary/aromatic N) is 2. The van der Waals surface area contributed by atoms with Crippen molar-refractivity contribution in [3.05, 3.63) is 53.6 Å². The Labute approximate surface area is 109 Å². The van der Waals surface area contributed by atoms with Crippen molar-refractivity contribution in [2.24, 2.45) is 7.05 Å². The molecule has 0 fully saturated rings. The summed E-state index contributed by atoms with van der Waals surface area (Å²) in [5.41, 5.74) is 2.71. The lowest BCUT2D eigenvalue weighted by Gasteiger charge is -2.14. The van der Waals surface area contributed by atoms with Crippen LogP contribution in [0.15, 0.2) is 36.7 Å². The van der Waals surface area contributed by atoms with Crippen molar-refractivity contribution in [3.8, 4) is 0 Å². The highest BCUT2D eigenvalue weighted by Crippen LogP contribution is 2.14. The molecule has 0 aliphatic carbocycles. The predicted molar refractivity (Wildman–Crippen MR) is 74.3 cm³/mol. The van der Waals surface area contributed by atoms with Crippen molar-refractivity contribution in [3.63, 3.8) is 0 Å². The van der Waals surface area contributed by atoms with E-state index in [0.717, 1.165) is 18.8 Å². The number of imidazole rings is 1. The van der Waals surface area contributed by atoms with Gasteiger partial charge in [-0.15, -0.1) is 0 Å². The summed E-state index contributed by atoms with van der Waals surface area (Å²) in [4.78, 5) is 4.31. The summed E-state index contributed by atoms with van der Waals surface area (Å²) >= 11 is 0. The molecule has 1 N–H and O–H groups in total. The summed E-state index contributed by atoms with van der Waals surface area (Å²) in [6, 6.07) is 9.15. The van der Waals surface area contributed by atoms with Crippen LogP contribution in [-0.4, -0.2) is 9.55 Å². The van der Waals surface area contributed by atoms with Crippen LogP contribution in [0.1, 0.15) is 36.8 Å². The second-order valence-corrected chi connectivity index (χ2v) is 4.65. The van der Waals surface area contributed by atoms with Gasteiger partial charge in [-0.1, -0.05) is 31.2 Å². The molecule has 0 aliphatic rings. The van der Waals surface area contributed by atoms with E-state index in [2.05, 4.69) is 48.4 Å². The molecule has 18 heavy (non-hydrogen) atoms. The zero-order valence-electron chi connectivity index (χ0n) is 11.4. The lowest BCUT2D eigenvalue weighted by atomic mass is 10.1. The first-order valence-electron chi connectivity index (χ1n) is 6.49. The van der Waals surface area contributed by atoms with Gasteiger partial charge in [0.25, 0.3) is 0 Å². The second kappa shape index (κ2) is 5.83. The monoisotopic (exact) mass is 243 g/mol. The summed E-state index contributed by atoms with van der Waals surface area (Å²) in [5, 5.41) is 3.50. The molecule has 3 heteroatoms. The molecule has 1 aromatic heterocycles. The lowest BCUT2D eigenvalue weighted by molar-refractivity contribution is 0.549. The Hall–Kier alpha value is -1.61. The van der Waals surface area contributed by atoms with Crippen LogP contribution in [-0.2, 0) is 20.0 Å². The minimum Gasteiger partial charge on any atom is -0.337 e. The van der Waals surface area contributed by atoms with Gasteiger partial charge in [-0.25, -0.2) is 4.98 Å². The average molecular weight is 243 g/mol. The normalized spacial score (nSPS) is 12.6. The molecule has 1 unspecified atom stereocenters. The molecule has 2 rings (SSSR count). The third kappa shape index (κ3) is 2.99. The number of aryl methyl sites for hydroxylation is 2. The van der Waals surface area contributed by atoms with Gasteiger partial charge in [0.1, 0.15) is 5.82 Å². The fourth-order valence-corrected chi connectivity index (χ4v) is 1.97. The maximum absolute atomic E-state index is 4.31. The van der Waals surface area contributed by atoms with Crippen LogP contribution in [0.2, 0.25) is 0 Å². The first-order valence-corrected chi connectivity index (χ1v) is 6.49. The van der Waals surface area contributed by atoms with E-state index in [9.17, 15) is 0 Å². The smallest absolute Gasteiger partial charge is 0.122 e. The van der Waals surface area contributed by atoms with Gasteiger partial charge in [0.15, 0.2) is 0 Å². The Kier molecular flexibility index (Phi) is 4.15. The van der Waals surface area contributed by atoms with Crippen LogP contribution in [0.25, 0.3) is 0 Å². The molecule has 0 saturated carbocycles. The zero-order valence-corrected chi connectivity index (χ0v) is 11.4. The molecule has 0 amide bonds. The molecule has 2 aromatic rings. The van der Waals surface area contributed by atoms with E-state index in [4.69, 9.17) is 0 Å². The number of hydrogen-bond acceptors (Lipinski definition) is 2. The third-order valence-corrected chi connectivity index (χ3v) is 3.38. The number of rotatable bonds is 5.